The van der Waals surface area contributed by atoms with E-state index in [-0.39, 0.29) is 0 Å². The van der Waals surface area contributed by atoms with Gasteiger partial charge in [-0.1, -0.05) is 20.8 Å². The summed E-state index contributed by atoms with van der Waals surface area (Å²) >= 11 is 0. The van der Waals surface area contributed by atoms with E-state index in [4.69, 9.17) is 4.98 Å². The minimum atomic E-state index is 0.770. The lowest BCUT2D eigenvalue weighted by molar-refractivity contribution is 0.658. The molecule has 2 rings (SSSR count). The molecule has 106 valence electrons. The zero-order valence-electron chi connectivity index (χ0n) is 12.7. The minimum Gasteiger partial charge on any atom is -0.370 e. The number of nitrogens with zero attached hydrogens (tertiary/aromatic N) is 3. The van der Waals surface area contributed by atoms with Gasteiger partial charge in [0.25, 0.3) is 0 Å². The summed E-state index contributed by atoms with van der Waals surface area (Å²) in [6.07, 6.45) is 3.26. The van der Waals surface area contributed by atoms with E-state index in [2.05, 4.69) is 42.9 Å². The van der Waals surface area contributed by atoms with E-state index in [9.17, 15) is 0 Å². The summed E-state index contributed by atoms with van der Waals surface area (Å²) in [4.78, 5) is 11.8. The van der Waals surface area contributed by atoms with Crippen LogP contribution in [0.25, 0.3) is 0 Å². The predicted molar refractivity (Wildman–Crippen MR) is 80.9 cm³/mol. The summed E-state index contributed by atoms with van der Waals surface area (Å²) in [5.74, 6) is 3.86. The van der Waals surface area contributed by atoms with Crippen LogP contribution in [0.2, 0.25) is 0 Å². The number of aromatic nitrogens is 2. The molecule has 1 fully saturated rings. The molecule has 1 unspecified atom stereocenters. The lowest BCUT2D eigenvalue weighted by Gasteiger charge is -2.22. The molecule has 19 heavy (non-hydrogen) atoms. The van der Waals surface area contributed by atoms with E-state index in [1.54, 1.807) is 0 Å². The Morgan fingerprint density at radius 3 is 2.68 bits per heavy atom. The Morgan fingerprint density at radius 1 is 1.32 bits per heavy atom. The fourth-order valence-electron chi connectivity index (χ4n) is 2.56. The van der Waals surface area contributed by atoms with Crippen LogP contribution in [0, 0.1) is 12.8 Å². The van der Waals surface area contributed by atoms with Crippen LogP contribution in [-0.4, -0.2) is 29.6 Å². The number of anilines is 2. The van der Waals surface area contributed by atoms with Gasteiger partial charge in [-0.15, -0.1) is 0 Å². The zero-order valence-corrected chi connectivity index (χ0v) is 12.7. The van der Waals surface area contributed by atoms with Crippen LogP contribution in [0.5, 0.6) is 0 Å². The Hall–Kier alpha value is -1.32. The van der Waals surface area contributed by atoms with Crippen molar-refractivity contribution in [2.45, 2.75) is 47.0 Å². The maximum absolute atomic E-state index is 4.75. The third-order valence-corrected chi connectivity index (χ3v) is 3.75. The van der Waals surface area contributed by atoms with Crippen molar-refractivity contribution in [1.82, 2.24) is 9.97 Å². The molecule has 1 aromatic rings. The summed E-state index contributed by atoms with van der Waals surface area (Å²) < 4.78 is 0. The molecule has 1 aromatic heterocycles. The molecule has 4 heteroatoms. The van der Waals surface area contributed by atoms with Gasteiger partial charge in [0.2, 0.25) is 0 Å². The number of rotatable bonds is 5. The van der Waals surface area contributed by atoms with Gasteiger partial charge in [-0.05, 0) is 25.7 Å². The molecular weight excluding hydrogens is 236 g/mol. The van der Waals surface area contributed by atoms with Crippen LogP contribution < -0.4 is 10.2 Å². The Balaban J connectivity index is 2.30. The van der Waals surface area contributed by atoms with Crippen molar-refractivity contribution in [1.29, 1.82) is 0 Å². The van der Waals surface area contributed by atoms with Gasteiger partial charge < -0.3 is 10.2 Å². The fourth-order valence-corrected chi connectivity index (χ4v) is 2.56. The average Bonchev–Trinajstić information content (AvgIpc) is 2.84. The van der Waals surface area contributed by atoms with Crippen molar-refractivity contribution in [2.24, 2.45) is 5.92 Å². The normalized spacial score (nSPS) is 18.9. The fraction of sp³-hybridized carbons (Fsp3) is 0.733. The molecule has 1 N–H and O–H groups in total. The van der Waals surface area contributed by atoms with Gasteiger partial charge in [-0.3, -0.25) is 0 Å². The zero-order chi connectivity index (χ0) is 13.8. The second-order valence-electron chi connectivity index (χ2n) is 5.56. The standard InChI is InChI=1S/C15H26N4/c1-5-8-16-14-12(4)15(18-13(6-2)17-14)19-9-7-11(3)10-19/h11H,5-10H2,1-4H3,(H,16,17,18). The third kappa shape index (κ3) is 3.17. The van der Waals surface area contributed by atoms with Crippen LogP contribution in [-0.2, 0) is 6.42 Å². The van der Waals surface area contributed by atoms with Crippen LogP contribution in [0.4, 0.5) is 11.6 Å². The quantitative estimate of drug-likeness (QED) is 0.885. The van der Waals surface area contributed by atoms with Crippen molar-refractivity contribution >= 4 is 11.6 Å². The highest BCUT2D eigenvalue weighted by molar-refractivity contribution is 5.59. The summed E-state index contributed by atoms with van der Waals surface area (Å²) in [6, 6.07) is 0. The van der Waals surface area contributed by atoms with Gasteiger partial charge in [0.1, 0.15) is 17.5 Å². The first-order chi connectivity index (χ1) is 9.15. The Labute approximate surface area is 116 Å². The van der Waals surface area contributed by atoms with E-state index < -0.39 is 0 Å². The molecule has 1 aliphatic rings. The SMILES string of the molecule is CCCNc1nc(CC)nc(N2CCC(C)C2)c1C. The van der Waals surface area contributed by atoms with Gasteiger partial charge in [-0.25, -0.2) is 9.97 Å². The Kier molecular flexibility index (Phi) is 4.61. The molecule has 1 aliphatic heterocycles. The second-order valence-corrected chi connectivity index (χ2v) is 5.56. The van der Waals surface area contributed by atoms with Crippen molar-refractivity contribution in [3.63, 3.8) is 0 Å². The molecule has 1 atom stereocenters. The van der Waals surface area contributed by atoms with Crippen LogP contribution >= 0.6 is 0 Å². The molecule has 0 amide bonds. The number of aryl methyl sites for hydroxylation is 1. The summed E-state index contributed by atoms with van der Waals surface area (Å²) in [6.45, 7) is 11.9. The topological polar surface area (TPSA) is 41.1 Å². The first-order valence-corrected chi connectivity index (χ1v) is 7.52. The van der Waals surface area contributed by atoms with Gasteiger partial charge in [-0.2, -0.15) is 0 Å². The van der Waals surface area contributed by atoms with E-state index in [0.717, 1.165) is 55.9 Å². The molecule has 0 radical (unpaired) electrons. The molecule has 0 aliphatic carbocycles. The van der Waals surface area contributed by atoms with E-state index >= 15 is 0 Å². The highest BCUT2D eigenvalue weighted by Gasteiger charge is 2.23. The molecule has 0 saturated carbocycles. The van der Waals surface area contributed by atoms with E-state index in [1.165, 1.54) is 12.0 Å². The third-order valence-electron chi connectivity index (χ3n) is 3.75. The highest BCUT2D eigenvalue weighted by atomic mass is 15.2. The predicted octanol–water partition coefficient (Wildman–Crippen LogP) is 3.02. The van der Waals surface area contributed by atoms with Crippen molar-refractivity contribution in [2.75, 3.05) is 29.9 Å². The summed E-state index contributed by atoms with van der Waals surface area (Å²) in [7, 11) is 0. The number of hydrogen-bond acceptors (Lipinski definition) is 4. The van der Waals surface area contributed by atoms with Gasteiger partial charge in [0.15, 0.2) is 0 Å². The van der Waals surface area contributed by atoms with Crippen molar-refractivity contribution in [3.05, 3.63) is 11.4 Å². The van der Waals surface area contributed by atoms with E-state index in [0.29, 0.717) is 0 Å². The minimum absolute atomic E-state index is 0.770. The monoisotopic (exact) mass is 262 g/mol. The smallest absolute Gasteiger partial charge is 0.137 e. The Morgan fingerprint density at radius 2 is 2.11 bits per heavy atom. The maximum Gasteiger partial charge on any atom is 0.137 e. The Bertz CT molecular complexity index is 430. The van der Waals surface area contributed by atoms with Gasteiger partial charge >= 0.3 is 0 Å². The molecule has 1 saturated heterocycles. The molecule has 2 heterocycles. The summed E-state index contributed by atoms with van der Waals surface area (Å²) in [5.41, 5.74) is 1.19. The largest absolute Gasteiger partial charge is 0.370 e. The molecule has 0 bridgehead atoms. The molecule has 0 spiro atoms. The first-order valence-electron chi connectivity index (χ1n) is 7.52. The second kappa shape index (κ2) is 6.22. The first kappa shape index (κ1) is 14.1. The molecule has 4 nitrogen and oxygen atoms in total. The molecule has 0 aromatic carbocycles. The van der Waals surface area contributed by atoms with Crippen LogP contribution in [0.15, 0.2) is 0 Å². The highest BCUT2D eigenvalue weighted by Crippen LogP contribution is 2.28. The summed E-state index contributed by atoms with van der Waals surface area (Å²) in [5, 5.41) is 3.43. The lowest BCUT2D eigenvalue weighted by atomic mass is 10.2. The van der Waals surface area contributed by atoms with Crippen molar-refractivity contribution in [3.8, 4) is 0 Å². The van der Waals surface area contributed by atoms with E-state index in [1.807, 2.05) is 0 Å². The number of hydrogen-bond donors (Lipinski definition) is 1. The molecular formula is C15H26N4. The number of nitrogens with one attached hydrogen (secondary N) is 1. The van der Waals surface area contributed by atoms with Crippen molar-refractivity contribution < 1.29 is 0 Å². The maximum atomic E-state index is 4.75. The average molecular weight is 262 g/mol. The van der Waals surface area contributed by atoms with Gasteiger partial charge in [0.05, 0.1) is 0 Å². The van der Waals surface area contributed by atoms with Crippen LogP contribution in [0.3, 0.4) is 0 Å². The lowest BCUT2D eigenvalue weighted by Crippen LogP contribution is -2.23. The van der Waals surface area contributed by atoms with Gasteiger partial charge in [0, 0.05) is 31.6 Å². The van der Waals surface area contributed by atoms with Crippen LogP contribution in [0.1, 0.15) is 45.0 Å².